The van der Waals surface area contributed by atoms with Crippen molar-refractivity contribution in [2.75, 3.05) is 13.1 Å². The average molecular weight is 443 g/mol. The van der Waals surface area contributed by atoms with Crippen molar-refractivity contribution in [1.82, 2.24) is 9.80 Å². The SMILES string of the molecule is CC(=O)c1cccc([C@H](c2cccc(O)c2)N2C[C@@H](C)N(Cc3cccc(C)c3)C[C@@H]2C)c1. The molecule has 4 heteroatoms. The Morgan fingerprint density at radius 3 is 2.33 bits per heavy atom. The quantitative estimate of drug-likeness (QED) is 0.506. The second-order valence-electron chi connectivity index (χ2n) is 9.49. The van der Waals surface area contributed by atoms with Crippen LogP contribution in [0.25, 0.3) is 0 Å². The number of benzene rings is 3. The van der Waals surface area contributed by atoms with E-state index >= 15 is 0 Å². The lowest BCUT2D eigenvalue weighted by Gasteiger charge is -2.47. The van der Waals surface area contributed by atoms with Crippen molar-refractivity contribution in [2.24, 2.45) is 0 Å². The summed E-state index contributed by atoms with van der Waals surface area (Å²) in [5, 5.41) is 10.2. The molecule has 4 nitrogen and oxygen atoms in total. The fraction of sp³-hybridized carbons (Fsp3) is 0.345. The number of phenols is 1. The van der Waals surface area contributed by atoms with Crippen molar-refractivity contribution < 1.29 is 9.90 Å². The van der Waals surface area contributed by atoms with Gasteiger partial charge >= 0.3 is 0 Å². The molecule has 1 fully saturated rings. The van der Waals surface area contributed by atoms with Gasteiger partial charge in [0.25, 0.3) is 0 Å². The fourth-order valence-corrected chi connectivity index (χ4v) is 5.05. The molecule has 1 saturated heterocycles. The molecule has 0 saturated carbocycles. The highest BCUT2D eigenvalue weighted by atomic mass is 16.3. The predicted octanol–water partition coefficient (Wildman–Crippen LogP) is 5.59. The molecule has 1 aliphatic rings. The molecule has 0 aliphatic carbocycles. The molecule has 0 amide bonds. The maximum atomic E-state index is 12.1. The minimum atomic E-state index is -0.0324. The molecule has 0 radical (unpaired) electrons. The van der Waals surface area contributed by atoms with Crippen LogP contribution in [0.3, 0.4) is 0 Å². The number of Topliss-reactive ketones (excluding diaryl/α,β-unsaturated/α-hetero) is 1. The van der Waals surface area contributed by atoms with Gasteiger partial charge in [-0.25, -0.2) is 0 Å². The number of carbonyl (C=O) groups is 1. The zero-order chi connectivity index (χ0) is 23.5. The van der Waals surface area contributed by atoms with Crippen LogP contribution in [0.4, 0.5) is 0 Å². The zero-order valence-corrected chi connectivity index (χ0v) is 20.0. The van der Waals surface area contributed by atoms with Gasteiger partial charge in [-0.2, -0.15) is 0 Å². The van der Waals surface area contributed by atoms with Crippen molar-refractivity contribution in [3.05, 3.63) is 101 Å². The Bertz CT molecular complexity index is 1130. The number of carbonyl (C=O) groups excluding carboxylic acids is 1. The lowest BCUT2D eigenvalue weighted by atomic mass is 9.92. The summed E-state index contributed by atoms with van der Waals surface area (Å²) in [5.74, 6) is 0.329. The number of phenolic OH excluding ortho intramolecular Hbond substituents is 1. The van der Waals surface area contributed by atoms with Crippen LogP contribution in [0, 0.1) is 6.92 Å². The summed E-state index contributed by atoms with van der Waals surface area (Å²) in [6.45, 7) is 11.1. The molecule has 1 heterocycles. The van der Waals surface area contributed by atoms with Crippen molar-refractivity contribution in [3.63, 3.8) is 0 Å². The molecule has 4 rings (SSSR count). The van der Waals surface area contributed by atoms with E-state index in [2.05, 4.69) is 67.0 Å². The van der Waals surface area contributed by atoms with E-state index in [1.807, 2.05) is 30.3 Å². The van der Waals surface area contributed by atoms with Gasteiger partial charge in [-0.15, -0.1) is 0 Å². The number of aryl methyl sites for hydroxylation is 1. The van der Waals surface area contributed by atoms with Crippen LogP contribution < -0.4 is 0 Å². The van der Waals surface area contributed by atoms with Crippen LogP contribution in [0.2, 0.25) is 0 Å². The Labute approximate surface area is 197 Å². The number of hydrogen-bond acceptors (Lipinski definition) is 4. The Morgan fingerprint density at radius 1 is 0.939 bits per heavy atom. The van der Waals surface area contributed by atoms with Crippen molar-refractivity contribution in [2.45, 2.75) is 52.4 Å². The van der Waals surface area contributed by atoms with Gasteiger partial charge < -0.3 is 5.11 Å². The summed E-state index contributed by atoms with van der Waals surface area (Å²) < 4.78 is 0. The molecule has 1 N–H and O–H groups in total. The monoisotopic (exact) mass is 442 g/mol. The van der Waals surface area contributed by atoms with E-state index in [9.17, 15) is 9.90 Å². The van der Waals surface area contributed by atoms with Gasteiger partial charge in [-0.1, -0.05) is 60.2 Å². The molecule has 1 aliphatic heterocycles. The molecular formula is C29H34N2O2. The van der Waals surface area contributed by atoms with Gasteiger partial charge in [-0.05, 0) is 62.6 Å². The number of aromatic hydroxyl groups is 1. The van der Waals surface area contributed by atoms with Crippen molar-refractivity contribution in [1.29, 1.82) is 0 Å². The highest BCUT2D eigenvalue weighted by Gasteiger charge is 2.35. The molecule has 0 unspecified atom stereocenters. The second kappa shape index (κ2) is 9.90. The summed E-state index contributed by atoms with van der Waals surface area (Å²) in [7, 11) is 0. The maximum Gasteiger partial charge on any atom is 0.159 e. The van der Waals surface area contributed by atoms with Gasteiger partial charge in [0.2, 0.25) is 0 Å². The molecule has 33 heavy (non-hydrogen) atoms. The van der Waals surface area contributed by atoms with Crippen LogP contribution in [-0.4, -0.2) is 45.9 Å². The minimum absolute atomic E-state index is 0.0324. The second-order valence-corrected chi connectivity index (χ2v) is 9.49. The average Bonchev–Trinajstić information content (AvgIpc) is 2.77. The first-order valence-electron chi connectivity index (χ1n) is 11.8. The topological polar surface area (TPSA) is 43.8 Å². The van der Waals surface area contributed by atoms with Crippen molar-refractivity contribution in [3.8, 4) is 5.75 Å². The van der Waals surface area contributed by atoms with Crippen LogP contribution in [0.1, 0.15) is 59.4 Å². The standard InChI is InChI=1S/C29H34N2O2/c1-20-8-5-9-24(14-20)19-30-17-22(3)31(18-21(30)2)29(27-12-7-13-28(33)16-27)26-11-6-10-25(15-26)23(4)32/h5-16,21-22,29,33H,17-19H2,1-4H3/t21-,22+,29-/m1/s1. The van der Waals surface area contributed by atoms with Crippen molar-refractivity contribution >= 4 is 5.78 Å². The lowest BCUT2D eigenvalue weighted by Crippen LogP contribution is -2.56. The molecule has 3 aromatic carbocycles. The Morgan fingerprint density at radius 2 is 1.64 bits per heavy atom. The summed E-state index contributed by atoms with van der Waals surface area (Å²) in [4.78, 5) is 17.2. The van der Waals surface area contributed by atoms with Crippen LogP contribution >= 0.6 is 0 Å². The van der Waals surface area contributed by atoms with Gasteiger partial charge in [0.15, 0.2) is 5.78 Å². The third-order valence-electron chi connectivity index (χ3n) is 6.76. The van der Waals surface area contributed by atoms with E-state index in [-0.39, 0.29) is 17.6 Å². The lowest BCUT2D eigenvalue weighted by molar-refractivity contribution is 0.0195. The van der Waals surface area contributed by atoms with Crippen LogP contribution in [0.15, 0.2) is 72.8 Å². The van der Waals surface area contributed by atoms with E-state index in [0.717, 1.165) is 36.3 Å². The summed E-state index contributed by atoms with van der Waals surface area (Å²) >= 11 is 0. The zero-order valence-electron chi connectivity index (χ0n) is 20.0. The number of ketones is 1. The smallest absolute Gasteiger partial charge is 0.159 e. The summed E-state index contributed by atoms with van der Waals surface area (Å²) in [6, 6.07) is 24.9. The van der Waals surface area contributed by atoms with E-state index in [1.54, 1.807) is 13.0 Å². The first-order valence-corrected chi connectivity index (χ1v) is 11.8. The largest absolute Gasteiger partial charge is 0.508 e. The first kappa shape index (κ1) is 23.2. The van der Waals surface area contributed by atoms with Gasteiger partial charge in [0, 0.05) is 37.3 Å². The van der Waals surface area contributed by atoms with E-state index in [4.69, 9.17) is 0 Å². The molecule has 3 atom stereocenters. The van der Waals surface area contributed by atoms with Gasteiger partial charge in [-0.3, -0.25) is 14.6 Å². The molecule has 172 valence electrons. The Kier molecular flexibility index (Phi) is 6.96. The molecule has 0 spiro atoms. The minimum Gasteiger partial charge on any atom is -0.508 e. The summed E-state index contributed by atoms with van der Waals surface area (Å²) in [5.41, 5.74) is 5.49. The number of nitrogens with zero attached hydrogens (tertiary/aromatic N) is 2. The van der Waals surface area contributed by atoms with E-state index in [0.29, 0.717) is 12.1 Å². The molecular weight excluding hydrogens is 408 g/mol. The first-order chi connectivity index (χ1) is 15.8. The highest BCUT2D eigenvalue weighted by molar-refractivity contribution is 5.94. The third kappa shape index (κ3) is 5.35. The normalized spacial score (nSPS) is 20.5. The summed E-state index contributed by atoms with van der Waals surface area (Å²) in [6.07, 6.45) is 0. The number of hydrogen-bond donors (Lipinski definition) is 1. The molecule has 0 aromatic heterocycles. The van der Waals surface area contributed by atoms with Gasteiger partial charge in [0.05, 0.1) is 6.04 Å². The maximum absolute atomic E-state index is 12.1. The highest BCUT2D eigenvalue weighted by Crippen LogP contribution is 2.35. The number of piperazine rings is 1. The predicted molar refractivity (Wildman–Crippen MR) is 134 cm³/mol. The molecule has 3 aromatic rings. The Balaban J connectivity index is 1.65. The van der Waals surface area contributed by atoms with Crippen LogP contribution in [0.5, 0.6) is 5.75 Å². The van der Waals surface area contributed by atoms with Gasteiger partial charge in [0.1, 0.15) is 5.75 Å². The number of rotatable bonds is 6. The fourth-order valence-electron chi connectivity index (χ4n) is 5.05. The van der Waals surface area contributed by atoms with E-state index < -0.39 is 0 Å². The van der Waals surface area contributed by atoms with E-state index in [1.165, 1.54) is 11.1 Å². The van der Waals surface area contributed by atoms with Crippen LogP contribution in [-0.2, 0) is 6.54 Å². The Hall–Kier alpha value is -2.95. The molecule has 0 bridgehead atoms. The third-order valence-corrected chi connectivity index (χ3v) is 6.76.